The number of halogens is 1. The summed E-state index contributed by atoms with van der Waals surface area (Å²) < 4.78 is 43.5. The minimum absolute atomic E-state index is 0.106. The molecule has 1 aromatic carbocycles. The molecule has 10 heteroatoms. The summed E-state index contributed by atoms with van der Waals surface area (Å²) in [6, 6.07) is 3.24. The van der Waals surface area contributed by atoms with Gasteiger partial charge in [0.15, 0.2) is 16.1 Å². The normalized spacial score (nSPS) is 27.1. The van der Waals surface area contributed by atoms with Gasteiger partial charge < -0.3 is 20.1 Å². The Balaban J connectivity index is 2.15. The zero-order chi connectivity index (χ0) is 18.5. The lowest BCUT2D eigenvalue weighted by Gasteiger charge is -2.18. The SMILES string of the molecule is CS(=O)(=O)c1cc2ccn([C@@H]3O[C@H](CO)[C@@H](O)[C@H]3O)c(=O)c2cc1F. The molecule has 0 spiro atoms. The van der Waals surface area contributed by atoms with Crippen molar-refractivity contribution in [2.24, 2.45) is 0 Å². The standard InChI is InChI=1S/C15H16FNO7S/c1-25(22,23)11-4-7-2-3-17(14(21)8(7)5-9(11)16)15-13(20)12(19)10(6-18)24-15/h2-5,10,12-13,15,18-20H,6H2,1H3/t10-,12-,13-,15-/m1/s1. The second-order valence-corrected chi connectivity index (χ2v) is 7.88. The van der Waals surface area contributed by atoms with Crippen molar-refractivity contribution >= 4 is 20.6 Å². The first-order valence-corrected chi connectivity index (χ1v) is 9.21. The Morgan fingerprint density at radius 1 is 1.28 bits per heavy atom. The maximum Gasteiger partial charge on any atom is 0.260 e. The molecule has 1 aromatic heterocycles. The number of nitrogens with zero attached hydrogens (tertiary/aromatic N) is 1. The summed E-state index contributed by atoms with van der Waals surface area (Å²) in [4.78, 5) is 12.1. The number of hydrogen-bond acceptors (Lipinski definition) is 7. The first kappa shape index (κ1) is 18.0. The van der Waals surface area contributed by atoms with Gasteiger partial charge in [-0.1, -0.05) is 0 Å². The van der Waals surface area contributed by atoms with Crippen molar-refractivity contribution in [1.82, 2.24) is 4.57 Å². The van der Waals surface area contributed by atoms with E-state index in [4.69, 9.17) is 9.84 Å². The summed E-state index contributed by atoms with van der Waals surface area (Å²) in [6.07, 6.45) is -3.07. The van der Waals surface area contributed by atoms with Gasteiger partial charge >= 0.3 is 0 Å². The second-order valence-electron chi connectivity index (χ2n) is 5.90. The molecule has 2 heterocycles. The molecule has 3 rings (SSSR count). The van der Waals surface area contributed by atoms with Crippen molar-refractivity contribution in [2.75, 3.05) is 12.9 Å². The van der Waals surface area contributed by atoms with E-state index >= 15 is 0 Å². The van der Waals surface area contributed by atoms with Crippen molar-refractivity contribution in [3.05, 3.63) is 40.6 Å². The summed E-state index contributed by atoms with van der Waals surface area (Å²) in [5, 5.41) is 29.0. The summed E-state index contributed by atoms with van der Waals surface area (Å²) >= 11 is 0. The van der Waals surface area contributed by atoms with E-state index in [0.717, 1.165) is 23.0 Å². The van der Waals surface area contributed by atoms with E-state index in [1.165, 1.54) is 12.3 Å². The van der Waals surface area contributed by atoms with Crippen LogP contribution in [0.5, 0.6) is 0 Å². The molecule has 0 amide bonds. The molecule has 8 nitrogen and oxygen atoms in total. The van der Waals surface area contributed by atoms with Gasteiger partial charge in [0.1, 0.15) is 29.0 Å². The molecule has 1 fully saturated rings. The molecule has 0 radical (unpaired) electrons. The van der Waals surface area contributed by atoms with Crippen LogP contribution in [-0.4, -0.2) is 59.5 Å². The number of aliphatic hydroxyl groups is 3. The van der Waals surface area contributed by atoms with Gasteiger partial charge in [-0.05, 0) is 23.6 Å². The second kappa shape index (κ2) is 6.15. The number of hydrogen-bond donors (Lipinski definition) is 3. The van der Waals surface area contributed by atoms with E-state index in [1.54, 1.807) is 0 Å². The molecule has 2 aromatic rings. The molecule has 3 N–H and O–H groups in total. The van der Waals surface area contributed by atoms with Gasteiger partial charge in [0, 0.05) is 12.5 Å². The van der Waals surface area contributed by atoms with Crippen LogP contribution >= 0.6 is 0 Å². The van der Waals surface area contributed by atoms with Crippen molar-refractivity contribution < 1.29 is 32.9 Å². The Kier molecular flexibility index (Phi) is 4.41. The highest BCUT2D eigenvalue weighted by Gasteiger charge is 2.43. The van der Waals surface area contributed by atoms with Gasteiger partial charge in [0.05, 0.1) is 12.0 Å². The minimum atomic E-state index is -3.80. The third-order valence-corrected chi connectivity index (χ3v) is 5.29. The number of fused-ring (bicyclic) bond motifs is 1. The molecule has 4 atom stereocenters. The lowest BCUT2D eigenvalue weighted by atomic mass is 10.1. The van der Waals surface area contributed by atoms with Crippen LogP contribution in [0.4, 0.5) is 4.39 Å². The van der Waals surface area contributed by atoms with Gasteiger partial charge in [-0.3, -0.25) is 9.36 Å². The van der Waals surface area contributed by atoms with Gasteiger partial charge in [-0.25, -0.2) is 12.8 Å². The molecule has 1 aliphatic heterocycles. The molecular weight excluding hydrogens is 357 g/mol. The van der Waals surface area contributed by atoms with Crippen molar-refractivity contribution in [3.8, 4) is 0 Å². The third kappa shape index (κ3) is 2.96. The van der Waals surface area contributed by atoms with Gasteiger partial charge in [0.25, 0.3) is 5.56 Å². The molecule has 25 heavy (non-hydrogen) atoms. The predicted octanol–water partition coefficient (Wildman–Crippen LogP) is -0.844. The first-order valence-electron chi connectivity index (χ1n) is 7.32. The fourth-order valence-electron chi connectivity index (χ4n) is 2.85. The highest BCUT2D eigenvalue weighted by Crippen LogP contribution is 2.29. The van der Waals surface area contributed by atoms with Crippen LogP contribution < -0.4 is 5.56 Å². The number of aliphatic hydroxyl groups excluding tert-OH is 3. The van der Waals surface area contributed by atoms with E-state index in [-0.39, 0.29) is 10.8 Å². The zero-order valence-electron chi connectivity index (χ0n) is 13.0. The van der Waals surface area contributed by atoms with Crippen LogP contribution in [0.15, 0.2) is 34.1 Å². The van der Waals surface area contributed by atoms with Crippen LogP contribution in [0.3, 0.4) is 0 Å². The lowest BCUT2D eigenvalue weighted by Crippen LogP contribution is -2.35. The molecule has 0 aliphatic carbocycles. The van der Waals surface area contributed by atoms with E-state index in [0.29, 0.717) is 0 Å². The Morgan fingerprint density at radius 2 is 1.96 bits per heavy atom. The Hall–Kier alpha value is -1.85. The maximum atomic E-state index is 14.1. The Bertz CT molecular complexity index is 987. The van der Waals surface area contributed by atoms with Crippen LogP contribution in [0.2, 0.25) is 0 Å². The molecule has 0 unspecified atom stereocenters. The smallest absolute Gasteiger partial charge is 0.260 e. The number of rotatable bonds is 3. The summed E-state index contributed by atoms with van der Waals surface area (Å²) in [5.74, 6) is -1.06. The molecule has 136 valence electrons. The fraction of sp³-hybridized carbons (Fsp3) is 0.400. The van der Waals surface area contributed by atoms with Crippen LogP contribution in [0.25, 0.3) is 10.8 Å². The number of aromatic nitrogens is 1. The number of pyridine rings is 1. The number of sulfone groups is 1. The van der Waals surface area contributed by atoms with Gasteiger partial charge in [-0.2, -0.15) is 0 Å². The van der Waals surface area contributed by atoms with Crippen LogP contribution in [-0.2, 0) is 14.6 Å². The molecule has 0 bridgehead atoms. The zero-order valence-corrected chi connectivity index (χ0v) is 13.9. The Labute approximate surface area is 141 Å². The summed E-state index contributed by atoms with van der Waals surface area (Å²) in [6.45, 7) is -0.552. The van der Waals surface area contributed by atoms with Crippen molar-refractivity contribution in [2.45, 2.75) is 29.4 Å². The molecular formula is C15H16FNO7S. The topological polar surface area (TPSA) is 126 Å². The summed E-state index contributed by atoms with van der Waals surface area (Å²) in [5.41, 5.74) is -0.730. The average Bonchev–Trinajstić information content (AvgIpc) is 2.82. The predicted molar refractivity (Wildman–Crippen MR) is 84.3 cm³/mol. The maximum absolute atomic E-state index is 14.1. The van der Waals surface area contributed by atoms with Crippen molar-refractivity contribution in [1.29, 1.82) is 0 Å². The molecule has 1 aliphatic rings. The van der Waals surface area contributed by atoms with Crippen LogP contribution in [0.1, 0.15) is 6.23 Å². The average molecular weight is 373 g/mol. The van der Waals surface area contributed by atoms with E-state index in [2.05, 4.69) is 0 Å². The monoisotopic (exact) mass is 373 g/mol. The van der Waals surface area contributed by atoms with Crippen molar-refractivity contribution in [3.63, 3.8) is 0 Å². The van der Waals surface area contributed by atoms with Crippen LogP contribution in [0, 0.1) is 5.82 Å². The summed E-state index contributed by atoms with van der Waals surface area (Å²) in [7, 11) is -3.80. The third-order valence-electron chi connectivity index (χ3n) is 4.17. The molecule has 1 saturated heterocycles. The van der Waals surface area contributed by atoms with Gasteiger partial charge in [-0.15, -0.1) is 0 Å². The highest BCUT2D eigenvalue weighted by molar-refractivity contribution is 7.90. The fourth-order valence-corrected chi connectivity index (χ4v) is 3.61. The number of ether oxygens (including phenoxy) is 1. The van der Waals surface area contributed by atoms with E-state index in [1.807, 2.05) is 0 Å². The highest BCUT2D eigenvalue weighted by atomic mass is 32.2. The number of benzene rings is 1. The first-order chi connectivity index (χ1) is 11.6. The lowest BCUT2D eigenvalue weighted by molar-refractivity contribution is -0.0541. The Morgan fingerprint density at radius 3 is 2.52 bits per heavy atom. The minimum Gasteiger partial charge on any atom is -0.394 e. The van der Waals surface area contributed by atoms with E-state index in [9.17, 15) is 27.8 Å². The van der Waals surface area contributed by atoms with Gasteiger partial charge in [0.2, 0.25) is 0 Å². The quantitative estimate of drug-likeness (QED) is 0.640. The largest absolute Gasteiger partial charge is 0.394 e. The van der Waals surface area contributed by atoms with E-state index < -0.39 is 57.3 Å². The molecule has 0 saturated carbocycles.